The topological polar surface area (TPSA) is 76.1 Å². The van der Waals surface area contributed by atoms with Crippen molar-refractivity contribution in [3.63, 3.8) is 0 Å². The normalized spacial score (nSPS) is 17.4. The minimum atomic E-state index is -0.916. The van der Waals surface area contributed by atoms with Gasteiger partial charge in [-0.3, -0.25) is 0 Å². The zero-order valence-electron chi connectivity index (χ0n) is 21.6. The Hall–Kier alpha value is -4.42. The van der Waals surface area contributed by atoms with Crippen molar-refractivity contribution in [2.45, 2.75) is 25.0 Å². The highest BCUT2D eigenvalue weighted by molar-refractivity contribution is 5.89. The second-order valence-electron chi connectivity index (χ2n) is 9.69. The van der Waals surface area contributed by atoms with Gasteiger partial charge in [-0.1, -0.05) is 84.9 Å². The molecule has 4 aromatic rings. The number of carboxylic acid groups (broad SMARTS) is 1. The van der Waals surface area contributed by atoms with Gasteiger partial charge in [-0.2, -0.15) is 0 Å². The molecule has 0 saturated carbocycles. The van der Waals surface area contributed by atoms with Crippen LogP contribution in [-0.4, -0.2) is 47.9 Å². The number of piperidine rings is 1. The molecule has 1 N–H and O–H groups in total. The zero-order chi connectivity index (χ0) is 27.0. The highest BCUT2D eigenvalue weighted by Gasteiger charge is 2.33. The predicted octanol–water partition coefficient (Wildman–Crippen LogP) is 6.76. The molecule has 4 aromatic carbocycles. The van der Waals surface area contributed by atoms with Crippen molar-refractivity contribution in [1.29, 1.82) is 0 Å². The molecule has 0 radical (unpaired) electrons. The standard InChI is InChI=1S/C33H31NO5/c35-32(28-9-2-1-3-10-28)38-20-6-7-24-12-16-27(17-13-24)30-18-19-34(33(36)37)22-31(30)39-23-25-14-15-26-8-4-5-11-29(26)21-25/h1-17,21,30-31H,18-20,22-23H2,(H,36,37)/b7-6+. The molecule has 1 amide bonds. The Balaban J connectivity index is 1.22. The van der Waals surface area contributed by atoms with Gasteiger partial charge < -0.3 is 19.5 Å². The minimum absolute atomic E-state index is 0.0888. The number of fused-ring (bicyclic) bond motifs is 1. The summed E-state index contributed by atoms with van der Waals surface area (Å²) in [5, 5.41) is 11.9. The summed E-state index contributed by atoms with van der Waals surface area (Å²) in [5.41, 5.74) is 3.71. The lowest BCUT2D eigenvalue weighted by Crippen LogP contribution is -2.46. The van der Waals surface area contributed by atoms with E-state index in [4.69, 9.17) is 9.47 Å². The number of nitrogens with zero attached hydrogens (tertiary/aromatic N) is 1. The maximum absolute atomic E-state index is 12.1. The Morgan fingerprint density at radius 1 is 0.897 bits per heavy atom. The number of esters is 1. The lowest BCUT2D eigenvalue weighted by Gasteiger charge is -2.37. The van der Waals surface area contributed by atoms with E-state index in [0.29, 0.717) is 31.7 Å². The summed E-state index contributed by atoms with van der Waals surface area (Å²) in [4.78, 5) is 25.2. The van der Waals surface area contributed by atoms with Crippen LogP contribution < -0.4 is 0 Å². The summed E-state index contributed by atoms with van der Waals surface area (Å²) in [6, 6.07) is 31.6. The first-order chi connectivity index (χ1) is 19.1. The molecule has 0 aromatic heterocycles. The molecule has 1 aliphatic rings. The van der Waals surface area contributed by atoms with Crippen molar-refractivity contribution in [3.8, 4) is 0 Å². The Labute approximate surface area is 228 Å². The van der Waals surface area contributed by atoms with E-state index in [-0.39, 0.29) is 24.6 Å². The number of amides is 1. The molecule has 6 nitrogen and oxygen atoms in total. The van der Waals surface area contributed by atoms with Crippen LogP contribution in [0.2, 0.25) is 0 Å². The van der Waals surface area contributed by atoms with Crippen LogP contribution in [0.3, 0.4) is 0 Å². The van der Waals surface area contributed by atoms with Gasteiger partial charge >= 0.3 is 12.1 Å². The van der Waals surface area contributed by atoms with Crippen LogP contribution in [-0.2, 0) is 16.1 Å². The van der Waals surface area contributed by atoms with Crippen molar-refractivity contribution < 1.29 is 24.2 Å². The fraction of sp³-hybridized carbons (Fsp3) is 0.212. The molecule has 6 heteroatoms. The zero-order valence-corrected chi connectivity index (χ0v) is 21.6. The molecular weight excluding hydrogens is 490 g/mol. The first-order valence-corrected chi connectivity index (χ1v) is 13.1. The number of hydrogen-bond donors (Lipinski definition) is 1. The number of carbonyl (C=O) groups excluding carboxylic acids is 1. The second-order valence-corrected chi connectivity index (χ2v) is 9.69. The average molecular weight is 522 g/mol. The van der Waals surface area contributed by atoms with Crippen molar-refractivity contribution in [2.75, 3.05) is 19.7 Å². The first kappa shape index (κ1) is 26.2. The van der Waals surface area contributed by atoms with Gasteiger partial charge in [-0.15, -0.1) is 0 Å². The molecule has 5 rings (SSSR count). The van der Waals surface area contributed by atoms with Gasteiger partial charge in [0, 0.05) is 12.5 Å². The number of benzene rings is 4. The molecule has 0 bridgehead atoms. The molecule has 1 fully saturated rings. The number of likely N-dealkylation sites (tertiary alicyclic amines) is 1. The van der Waals surface area contributed by atoms with Crippen LogP contribution in [0, 0.1) is 0 Å². The van der Waals surface area contributed by atoms with Gasteiger partial charge in [0.2, 0.25) is 0 Å². The third kappa shape index (κ3) is 6.72. The van der Waals surface area contributed by atoms with Crippen LogP contribution in [0.4, 0.5) is 4.79 Å². The summed E-state index contributed by atoms with van der Waals surface area (Å²) >= 11 is 0. The SMILES string of the molecule is O=C(OC/C=C/c1ccc(C2CCN(C(=O)O)CC2OCc2ccc3ccccc3c2)cc1)c1ccccc1. The maximum atomic E-state index is 12.1. The molecule has 2 atom stereocenters. The van der Waals surface area contributed by atoms with Gasteiger partial charge in [-0.05, 0) is 58.2 Å². The monoisotopic (exact) mass is 521 g/mol. The van der Waals surface area contributed by atoms with Crippen LogP contribution in [0.15, 0.2) is 103 Å². The molecule has 39 heavy (non-hydrogen) atoms. The second kappa shape index (κ2) is 12.4. The van der Waals surface area contributed by atoms with Gasteiger partial charge in [0.25, 0.3) is 0 Å². The van der Waals surface area contributed by atoms with E-state index in [0.717, 1.165) is 22.1 Å². The lowest BCUT2D eigenvalue weighted by molar-refractivity contribution is -0.0199. The molecule has 1 aliphatic heterocycles. The Morgan fingerprint density at radius 2 is 1.64 bits per heavy atom. The van der Waals surface area contributed by atoms with E-state index in [1.165, 1.54) is 10.3 Å². The van der Waals surface area contributed by atoms with Gasteiger partial charge in [-0.25, -0.2) is 9.59 Å². The summed E-state index contributed by atoms with van der Waals surface area (Å²) in [6.07, 6.45) is 3.26. The van der Waals surface area contributed by atoms with E-state index in [1.54, 1.807) is 24.3 Å². The number of carbonyl (C=O) groups is 2. The van der Waals surface area contributed by atoms with Gasteiger partial charge in [0.05, 0.1) is 24.8 Å². The minimum Gasteiger partial charge on any atom is -0.465 e. The largest absolute Gasteiger partial charge is 0.465 e. The number of rotatable bonds is 8. The Bertz CT molecular complexity index is 1450. The molecular formula is C33H31NO5. The summed E-state index contributed by atoms with van der Waals surface area (Å²) in [6.45, 7) is 1.42. The summed E-state index contributed by atoms with van der Waals surface area (Å²) in [5.74, 6) is -0.260. The average Bonchev–Trinajstić information content (AvgIpc) is 2.98. The quantitative estimate of drug-likeness (QED) is 0.259. The van der Waals surface area contributed by atoms with E-state index >= 15 is 0 Å². The predicted molar refractivity (Wildman–Crippen MR) is 152 cm³/mol. The van der Waals surface area contributed by atoms with Crippen LogP contribution in [0.1, 0.15) is 39.4 Å². The maximum Gasteiger partial charge on any atom is 0.407 e. The summed E-state index contributed by atoms with van der Waals surface area (Å²) in [7, 11) is 0. The van der Waals surface area contributed by atoms with Crippen molar-refractivity contribution >= 4 is 28.9 Å². The summed E-state index contributed by atoms with van der Waals surface area (Å²) < 4.78 is 11.7. The van der Waals surface area contributed by atoms with Gasteiger partial charge in [0.1, 0.15) is 6.61 Å². The van der Waals surface area contributed by atoms with E-state index in [1.807, 2.05) is 42.5 Å². The molecule has 0 aliphatic carbocycles. The van der Waals surface area contributed by atoms with Crippen molar-refractivity contribution in [1.82, 2.24) is 4.90 Å². The smallest absolute Gasteiger partial charge is 0.407 e. The van der Waals surface area contributed by atoms with Gasteiger partial charge in [0.15, 0.2) is 0 Å². The molecule has 1 saturated heterocycles. The van der Waals surface area contributed by atoms with Crippen molar-refractivity contribution in [2.24, 2.45) is 0 Å². The third-order valence-corrected chi connectivity index (χ3v) is 7.10. The highest BCUT2D eigenvalue weighted by atomic mass is 16.5. The van der Waals surface area contributed by atoms with Crippen LogP contribution in [0.5, 0.6) is 0 Å². The fourth-order valence-corrected chi connectivity index (χ4v) is 4.99. The Morgan fingerprint density at radius 3 is 2.41 bits per heavy atom. The lowest BCUT2D eigenvalue weighted by atomic mass is 9.86. The molecule has 198 valence electrons. The number of hydrogen-bond acceptors (Lipinski definition) is 4. The van der Waals surface area contributed by atoms with E-state index in [2.05, 4.69) is 42.5 Å². The van der Waals surface area contributed by atoms with E-state index in [9.17, 15) is 14.7 Å². The number of ether oxygens (including phenoxy) is 2. The molecule has 2 unspecified atom stereocenters. The van der Waals surface area contributed by atoms with Crippen LogP contribution in [0.25, 0.3) is 16.8 Å². The molecule has 1 heterocycles. The van der Waals surface area contributed by atoms with Crippen molar-refractivity contribution in [3.05, 3.63) is 125 Å². The first-order valence-electron chi connectivity index (χ1n) is 13.1. The fourth-order valence-electron chi connectivity index (χ4n) is 4.99. The Kier molecular flexibility index (Phi) is 8.34. The highest BCUT2D eigenvalue weighted by Crippen LogP contribution is 2.32. The van der Waals surface area contributed by atoms with E-state index < -0.39 is 6.09 Å². The third-order valence-electron chi connectivity index (χ3n) is 7.10. The molecule has 0 spiro atoms. The van der Waals surface area contributed by atoms with Crippen LogP contribution >= 0.6 is 0 Å².